The lowest BCUT2D eigenvalue weighted by Crippen LogP contribution is -2.45. The van der Waals surface area contributed by atoms with E-state index < -0.39 is 17.9 Å². The summed E-state index contributed by atoms with van der Waals surface area (Å²) in [7, 11) is 0. The van der Waals surface area contributed by atoms with Gasteiger partial charge in [0, 0.05) is 27.4 Å². The number of ether oxygens (including phenoxy) is 3. The van der Waals surface area contributed by atoms with Gasteiger partial charge in [0.15, 0.2) is 11.7 Å². The molecule has 3 aromatic carbocycles. The van der Waals surface area contributed by atoms with Crippen molar-refractivity contribution in [3.8, 4) is 11.5 Å². The third-order valence-electron chi connectivity index (χ3n) is 6.01. The van der Waals surface area contributed by atoms with Crippen LogP contribution in [-0.4, -0.2) is 36.4 Å². The van der Waals surface area contributed by atoms with Crippen molar-refractivity contribution in [2.24, 2.45) is 5.10 Å². The molecule has 0 unspecified atom stereocenters. The Kier molecular flexibility index (Phi) is 10.3. The van der Waals surface area contributed by atoms with Gasteiger partial charge < -0.3 is 24.8 Å². The van der Waals surface area contributed by atoms with E-state index in [2.05, 4.69) is 21.2 Å². The molecule has 1 heterocycles. The quantitative estimate of drug-likeness (QED) is 0.126. The molecule has 1 aliphatic rings. The molecule has 0 radical (unpaired) electrons. The van der Waals surface area contributed by atoms with Gasteiger partial charge in [-0.05, 0) is 50.3 Å². The Morgan fingerprint density at radius 2 is 1.73 bits per heavy atom. The maximum atomic E-state index is 12.7. The zero-order chi connectivity index (χ0) is 29.2. The molecule has 0 aliphatic carbocycles. The number of carbonyl (C=O) groups is 2. The summed E-state index contributed by atoms with van der Waals surface area (Å²) in [6, 6.07) is 21.2. The summed E-state index contributed by atoms with van der Waals surface area (Å²) in [5.74, 6) is 0.0395. The molecule has 0 saturated heterocycles. The van der Waals surface area contributed by atoms with E-state index in [0.29, 0.717) is 44.0 Å². The number of hydrogen-bond acceptors (Lipinski definition) is 7. The van der Waals surface area contributed by atoms with Gasteiger partial charge >= 0.3 is 5.97 Å². The van der Waals surface area contributed by atoms with Crippen molar-refractivity contribution in [2.45, 2.75) is 26.5 Å². The van der Waals surface area contributed by atoms with Crippen molar-refractivity contribution in [3.63, 3.8) is 0 Å². The van der Waals surface area contributed by atoms with E-state index in [1.54, 1.807) is 44.2 Å². The van der Waals surface area contributed by atoms with Crippen LogP contribution in [0.5, 0.6) is 11.5 Å². The Bertz CT molecular complexity index is 1490. The number of esters is 1. The summed E-state index contributed by atoms with van der Waals surface area (Å²) < 4.78 is 17.0. The Labute approximate surface area is 248 Å². The Morgan fingerprint density at radius 3 is 2.51 bits per heavy atom. The average Bonchev–Trinajstić information content (AvgIpc) is 2.96. The second-order valence-electron chi connectivity index (χ2n) is 8.83. The van der Waals surface area contributed by atoms with E-state index in [4.69, 9.17) is 38.0 Å². The minimum atomic E-state index is -0.623. The lowest BCUT2D eigenvalue weighted by atomic mass is 9.95. The highest BCUT2D eigenvalue weighted by Gasteiger charge is 2.32. The summed E-state index contributed by atoms with van der Waals surface area (Å²) >= 11 is 11.5. The fraction of sp³-hybridized carbons (Fsp3) is 0.200. The van der Waals surface area contributed by atoms with E-state index in [0.717, 1.165) is 5.56 Å². The highest BCUT2D eigenvalue weighted by Crippen LogP contribution is 2.33. The first-order chi connectivity index (χ1) is 19.9. The highest BCUT2D eigenvalue weighted by molar-refractivity contribution is 7.80. The molecule has 0 spiro atoms. The van der Waals surface area contributed by atoms with Crippen LogP contribution in [0.15, 0.2) is 89.2 Å². The molecule has 0 aromatic heterocycles. The molecule has 1 atom stereocenters. The smallest absolute Gasteiger partial charge is 0.338 e. The van der Waals surface area contributed by atoms with Crippen molar-refractivity contribution in [2.75, 3.05) is 13.2 Å². The summed E-state index contributed by atoms with van der Waals surface area (Å²) in [6.07, 6.45) is 1.49. The number of nitrogens with one attached hydrogen (secondary N) is 3. The van der Waals surface area contributed by atoms with Crippen LogP contribution in [0.4, 0.5) is 0 Å². The fourth-order valence-electron chi connectivity index (χ4n) is 4.10. The minimum Gasteiger partial charge on any atom is -0.488 e. The van der Waals surface area contributed by atoms with Gasteiger partial charge in [0.2, 0.25) is 0 Å². The van der Waals surface area contributed by atoms with Crippen LogP contribution in [-0.2, 0) is 20.9 Å². The normalized spacial score (nSPS) is 14.7. The van der Waals surface area contributed by atoms with Crippen molar-refractivity contribution >= 4 is 47.0 Å². The Morgan fingerprint density at radius 1 is 1.02 bits per heavy atom. The van der Waals surface area contributed by atoms with Gasteiger partial charge in [-0.15, -0.1) is 0 Å². The van der Waals surface area contributed by atoms with E-state index >= 15 is 0 Å². The monoisotopic (exact) mass is 592 g/mol. The van der Waals surface area contributed by atoms with Gasteiger partial charge in [-0.3, -0.25) is 4.79 Å². The molecule has 4 rings (SSSR count). The second-order valence-corrected chi connectivity index (χ2v) is 9.64. The van der Waals surface area contributed by atoms with Crippen LogP contribution in [0.3, 0.4) is 0 Å². The first-order valence-corrected chi connectivity index (χ1v) is 13.6. The van der Waals surface area contributed by atoms with E-state index in [-0.39, 0.29) is 19.8 Å². The third kappa shape index (κ3) is 7.84. The van der Waals surface area contributed by atoms with Crippen LogP contribution in [0.2, 0.25) is 5.02 Å². The van der Waals surface area contributed by atoms with Gasteiger partial charge in [0.1, 0.15) is 18.1 Å². The largest absolute Gasteiger partial charge is 0.488 e. The molecule has 3 N–H and O–H groups in total. The van der Waals surface area contributed by atoms with E-state index in [1.807, 2.05) is 42.5 Å². The third-order valence-corrected chi connectivity index (χ3v) is 6.59. The van der Waals surface area contributed by atoms with Gasteiger partial charge in [-0.2, -0.15) is 5.10 Å². The van der Waals surface area contributed by atoms with Crippen LogP contribution in [0.1, 0.15) is 36.6 Å². The Balaban J connectivity index is 1.39. The van der Waals surface area contributed by atoms with E-state index in [9.17, 15) is 9.59 Å². The Hall–Kier alpha value is -4.41. The average molecular weight is 593 g/mol. The number of hydrogen-bond donors (Lipinski definition) is 3. The maximum absolute atomic E-state index is 12.7. The van der Waals surface area contributed by atoms with Crippen molar-refractivity contribution in [1.82, 2.24) is 16.1 Å². The molecule has 212 valence electrons. The standard InChI is InChI=1S/C30H29ClN4O5S/c1-3-38-29(37)27-19(2)33-30(41)34-28(27)22-12-6-9-15-25(22)40-18-26(36)35-32-16-20-10-5-8-14-24(20)39-17-21-11-4-7-13-23(21)31/h4-16,28H,3,17-18H2,1-2H3,(H,35,36)(H2,33,34,41)/t28-/m1/s1. The number of carbonyl (C=O) groups excluding carboxylic acids is 2. The number of halogens is 1. The fourth-order valence-corrected chi connectivity index (χ4v) is 4.56. The van der Waals surface area contributed by atoms with Gasteiger partial charge in [0.25, 0.3) is 5.91 Å². The number of thiocarbonyl (C=S) groups is 1. The van der Waals surface area contributed by atoms with Crippen molar-refractivity contribution < 1.29 is 23.8 Å². The number of rotatable bonds is 11. The second kappa shape index (κ2) is 14.3. The highest BCUT2D eigenvalue weighted by atomic mass is 35.5. The summed E-state index contributed by atoms with van der Waals surface area (Å²) in [4.78, 5) is 25.3. The predicted molar refractivity (Wildman–Crippen MR) is 161 cm³/mol. The zero-order valence-corrected chi connectivity index (χ0v) is 24.1. The maximum Gasteiger partial charge on any atom is 0.338 e. The molecule has 3 aromatic rings. The summed E-state index contributed by atoms with van der Waals surface area (Å²) in [5, 5.41) is 11.1. The SMILES string of the molecule is CCOC(=O)C1=C(C)NC(=S)N[C@@H]1c1ccccc1OCC(=O)NN=Cc1ccccc1OCc1ccccc1Cl. The molecule has 0 saturated carbocycles. The van der Waals surface area contributed by atoms with Crippen LogP contribution < -0.4 is 25.5 Å². The number of hydrazone groups is 1. The first-order valence-electron chi connectivity index (χ1n) is 12.8. The molecule has 11 heteroatoms. The molecule has 0 bridgehead atoms. The van der Waals surface area contributed by atoms with Gasteiger partial charge in [-0.25, -0.2) is 10.2 Å². The lowest BCUT2D eigenvalue weighted by Gasteiger charge is -2.30. The molecule has 9 nitrogen and oxygen atoms in total. The first kappa shape index (κ1) is 29.6. The zero-order valence-electron chi connectivity index (χ0n) is 22.5. The number of amides is 1. The summed E-state index contributed by atoms with van der Waals surface area (Å²) in [6.45, 7) is 3.69. The summed E-state index contributed by atoms with van der Waals surface area (Å²) in [5.41, 5.74) is 5.58. The molecule has 1 amide bonds. The predicted octanol–water partition coefficient (Wildman–Crippen LogP) is 4.80. The van der Waals surface area contributed by atoms with Crippen molar-refractivity contribution in [3.05, 3.63) is 106 Å². The van der Waals surface area contributed by atoms with Crippen LogP contribution >= 0.6 is 23.8 Å². The van der Waals surface area contributed by atoms with E-state index in [1.165, 1.54) is 6.21 Å². The minimum absolute atomic E-state index is 0.226. The van der Waals surface area contributed by atoms with Gasteiger partial charge in [0.05, 0.1) is 24.4 Å². The molecule has 41 heavy (non-hydrogen) atoms. The number of benzene rings is 3. The number of para-hydroxylation sites is 2. The topological polar surface area (TPSA) is 110 Å². The van der Waals surface area contributed by atoms with Crippen LogP contribution in [0.25, 0.3) is 0 Å². The van der Waals surface area contributed by atoms with Gasteiger partial charge in [-0.1, -0.05) is 60.1 Å². The molecule has 0 fully saturated rings. The molecular weight excluding hydrogens is 564 g/mol. The van der Waals surface area contributed by atoms with Crippen LogP contribution in [0, 0.1) is 0 Å². The molecular formula is C30H29ClN4O5S. The number of nitrogens with zero attached hydrogens (tertiary/aromatic N) is 1. The van der Waals surface area contributed by atoms with Crippen molar-refractivity contribution in [1.29, 1.82) is 0 Å². The lowest BCUT2D eigenvalue weighted by molar-refractivity contribution is -0.139. The number of allylic oxidation sites excluding steroid dienone is 1. The molecule has 1 aliphatic heterocycles.